The quantitative estimate of drug-likeness (QED) is 0.681. The van der Waals surface area contributed by atoms with Crippen molar-refractivity contribution in [3.8, 4) is 6.19 Å². The van der Waals surface area contributed by atoms with Gasteiger partial charge in [-0.05, 0) is 24.5 Å². The molecule has 1 atom stereocenters. The lowest BCUT2D eigenvalue weighted by atomic mass is 9.77. The van der Waals surface area contributed by atoms with Crippen LogP contribution in [-0.2, 0) is 11.2 Å². The lowest BCUT2D eigenvalue weighted by molar-refractivity contribution is -0.125. The van der Waals surface area contributed by atoms with Crippen molar-refractivity contribution in [3.63, 3.8) is 0 Å². The summed E-state index contributed by atoms with van der Waals surface area (Å²) in [6, 6.07) is 7.89. The number of nitrogens with one attached hydrogen (secondary N) is 1. The van der Waals surface area contributed by atoms with Gasteiger partial charge in [-0.1, -0.05) is 18.2 Å². The molecule has 0 aliphatic carbocycles. The fourth-order valence-corrected chi connectivity index (χ4v) is 2.78. The zero-order chi connectivity index (χ0) is 11.9. The minimum atomic E-state index is -0.399. The summed E-state index contributed by atoms with van der Waals surface area (Å²) in [6.45, 7) is 1.23. The minimum Gasteiger partial charge on any atom is -0.325 e. The summed E-state index contributed by atoms with van der Waals surface area (Å²) in [4.78, 5) is 13.9. The molecule has 17 heavy (non-hydrogen) atoms. The Morgan fingerprint density at radius 1 is 1.41 bits per heavy atom. The Labute approximate surface area is 99.8 Å². The van der Waals surface area contributed by atoms with E-state index < -0.39 is 5.41 Å². The van der Waals surface area contributed by atoms with Gasteiger partial charge in [0.2, 0.25) is 5.91 Å². The van der Waals surface area contributed by atoms with Gasteiger partial charge in [-0.15, -0.1) is 0 Å². The van der Waals surface area contributed by atoms with Gasteiger partial charge in [0, 0.05) is 18.8 Å². The maximum Gasteiger partial charge on any atom is 0.232 e. The molecule has 2 aliphatic heterocycles. The van der Waals surface area contributed by atoms with Gasteiger partial charge >= 0.3 is 0 Å². The number of hydrogen-bond acceptors (Lipinski definition) is 3. The highest BCUT2D eigenvalue weighted by Crippen LogP contribution is 2.40. The first kappa shape index (κ1) is 10.2. The number of nitrogens with zero attached hydrogens (tertiary/aromatic N) is 2. The van der Waals surface area contributed by atoms with Gasteiger partial charge in [0.1, 0.15) is 0 Å². The maximum absolute atomic E-state index is 12.2. The molecule has 2 heterocycles. The number of amides is 1. The third-order valence-electron chi connectivity index (χ3n) is 3.77. The number of likely N-dealkylation sites (tertiary alicyclic amines) is 1. The lowest BCUT2D eigenvalue weighted by Gasteiger charge is -2.32. The van der Waals surface area contributed by atoms with Crippen LogP contribution in [0.25, 0.3) is 0 Å². The zero-order valence-corrected chi connectivity index (χ0v) is 9.44. The van der Waals surface area contributed by atoms with Crippen LogP contribution in [-0.4, -0.2) is 23.9 Å². The van der Waals surface area contributed by atoms with E-state index in [2.05, 4.69) is 11.5 Å². The van der Waals surface area contributed by atoms with Crippen molar-refractivity contribution < 1.29 is 4.79 Å². The molecule has 3 rings (SSSR count). The van der Waals surface area contributed by atoms with Crippen LogP contribution < -0.4 is 5.32 Å². The van der Waals surface area contributed by atoms with E-state index in [9.17, 15) is 4.79 Å². The summed E-state index contributed by atoms with van der Waals surface area (Å²) in [5, 5.41) is 11.9. The highest BCUT2D eigenvalue weighted by Gasteiger charge is 2.47. The summed E-state index contributed by atoms with van der Waals surface area (Å²) < 4.78 is 0. The van der Waals surface area contributed by atoms with Crippen LogP contribution in [0.2, 0.25) is 0 Å². The van der Waals surface area contributed by atoms with Crippen LogP contribution in [0.3, 0.4) is 0 Å². The van der Waals surface area contributed by atoms with Gasteiger partial charge in [-0.3, -0.25) is 4.79 Å². The number of rotatable bonds is 0. The molecule has 1 saturated heterocycles. The highest BCUT2D eigenvalue weighted by atomic mass is 16.2. The Morgan fingerprint density at radius 3 is 3.00 bits per heavy atom. The molecule has 1 amide bonds. The van der Waals surface area contributed by atoms with E-state index >= 15 is 0 Å². The number of fused-ring (bicyclic) bond motifs is 1. The standard InChI is InChI=1S/C13H13N3O/c14-9-16-6-5-13(8-16)7-10-3-1-2-4-11(10)15-12(13)17/h1-4H,5-8H2,(H,15,17). The van der Waals surface area contributed by atoms with E-state index in [1.165, 1.54) is 5.56 Å². The van der Waals surface area contributed by atoms with E-state index in [1.807, 2.05) is 24.3 Å². The second-order valence-electron chi connectivity index (χ2n) is 4.84. The second kappa shape index (κ2) is 3.49. The molecule has 1 unspecified atom stereocenters. The number of benzene rings is 1. The van der Waals surface area contributed by atoms with Crippen molar-refractivity contribution in [2.24, 2.45) is 5.41 Å². The average Bonchev–Trinajstić information content (AvgIpc) is 2.75. The first-order chi connectivity index (χ1) is 8.23. The number of para-hydroxylation sites is 1. The van der Waals surface area contributed by atoms with Gasteiger partial charge in [-0.25, -0.2) is 0 Å². The van der Waals surface area contributed by atoms with Crippen LogP contribution >= 0.6 is 0 Å². The lowest BCUT2D eigenvalue weighted by Crippen LogP contribution is -2.43. The van der Waals surface area contributed by atoms with Gasteiger partial charge in [0.15, 0.2) is 6.19 Å². The van der Waals surface area contributed by atoms with Gasteiger partial charge in [0.05, 0.1) is 5.41 Å². The summed E-state index contributed by atoms with van der Waals surface area (Å²) in [7, 11) is 0. The zero-order valence-electron chi connectivity index (χ0n) is 9.44. The summed E-state index contributed by atoms with van der Waals surface area (Å²) in [5.41, 5.74) is 1.69. The number of anilines is 1. The van der Waals surface area contributed by atoms with E-state index in [0.717, 1.165) is 18.5 Å². The van der Waals surface area contributed by atoms with Crippen LogP contribution in [0.5, 0.6) is 0 Å². The predicted molar refractivity (Wildman–Crippen MR) is 63.0 cm³/mol. The van der Waals surface area contributed by atoms with Crippen molar-refractivity contribution in [2.45, 2.75) is 12.8 Å². The van der Waals surface area contributed by atoms with Crippen molar-refractivity contribution in [3.05, 3.63) is 29.8 Å². The molecular formula is C13H13N3O. The number of carbonyl (C=O) groups is 1. The number of carbonyl (C=O) groups excluding carboxylic acids is 1. The third kappa shape index (κ3) is 1.47. The Bertz CT molecular complexity index is 520. The van der Waals surface area contributed by atoms with Crippen LogP contribution in [0.1, 0.15) is 12.0 Å². The molecule has 0 saturated carbocycles. The monoisotopic (exact) mass is 227 g/mol. The first-order valence-corrected chi connectivity index (χ1v) is 5.78. The fraction of sp³-hybridized carbons (Fsp3) is 0.385. The average molecular weight is 227 g/mol. The van der Waals surface area contributed by atoms with Crippen LogP contribution in [0, 0.1) is 16.9 Å². The Hall–Kier alpha value is -2.02. The van der Waals surface area contributed by atoms with Gasteiger partial charge in [-0.2, -0.15) is 5.26 Å². The van der Waals surface area contributed by atoms with Crippen molar-refractivity contribution in [1.29, 1.82) is 5.26 Å². The van der Waals surface area contributed by atoms with Crippen LogP contribution in [0.4, 0.5) is 5.69 Å². The molecule has 1 spiro atoms. The van der Waals surface area contributed by atoms with Crippen molar-refractivity contribution in [1.82, 2.24) is 4.90 Å². The Kier molecular flexibility index (Phi) is 2.08. The molecule has 0 aromatic heterocycles. The van der Waals surface area contributed by atoms with Crippen molar-refractivity contribution >= 4 is 11.6 Å². The van der Waals surface area contributed by atoms with Gasteiger partial charge < -0.3 is 10.2 Å². The molecule has 0 radical (unpaired) electrons. The molecule has 1 N–H and O–H groups in total. The summed E-state index contributed by atoms with van der Waals surface area (Å²) in [6.07, 6.45) is 3.64. The number of hydrogen-bond donors (Lipinski definition) is 1. The molecule has 0 bridgehead atoms. The second-order valence-corrected chi connectivity index (χ2v) is 4.84. The number of nitriles is 1. The van der Waals surface area contributed by atoms with Crippen molar-refractivity contribution in [2.75, 3.05) is 18.4 Å². The molecule has 1 fully saturated rings. The SMILES string of the molecule is N#CN1CCC2(Cc3ccccc3NC2=O)C1. The van der Waals surface area contributed by atoms with Crippen LogP contribution in [0.15, 0.2) is 24.3 Å². The van der Waals surface area contributed by atoms with E-state index in [-0.39, 0.29) is 5.91 Å². The Balaban J connectivity index is 1.95. The topological polar surface area (TPSA) is 56.1 Å². The molecule has 4 nitrogen and oxygen atoms in total. The highest BCUT2D eigenvalue weighted by molar-refractivity contribution is 5.98. The predicted octanol–water partition coefficient (Wildman–Crippen LogP) is 1.35. The fourth-order valence-electron chi connectivity index (χ4n) is 2.78. The van der Waals surface area contributed by atoms with E-state index in [4.69, 9.17) is 5.26 Å². The molecule has 1 aromatic rings. The minimum absolute atomic E-state index is 0.0638. The van der Waals surface area contributed by atoms with E-state index in [1.54, 1.807) is 4.90 Å². The first-order valence-electron chi connectivity index (χ1n) is 5.78. The Morgan fingerprint density at radius 2 is 2.24 bits per heavy atom. The smallest absolute Gasteiger partial charge is 0.232 e. The molecule has 4 heteroatoms. The molecular weight excluding hydrogens is 214 g/mol. The molecule has 86 valence electrons. The third-order valence-corrected chi connectivity index (χ3v) is 3.77. The van der Waals surface area contributed by atoms with E-state index in [0.29, 0.717) is 13.1 Å². The normalized spacial score (nSPS) is 26.5. The summed E-state index contributed by atoms with van der Waals surface area (Å²) in [5.74, 6) is 0.0638. The molecule has 2 aliphatic rings. The molecule has 1 aromatic carbocycles. The van der Waals surface area contributed by atoms with Gasteiger partial charge in [0.25, 0.3) is 0 Å². The summed E-state index contributed by atoms with van der Waals surface area (Å²) >= 11 is 0. The largest absolute Gasteiger partial charge is 0.325 e. The maximum atomic E-state index is 12.2.